The SMILES string of the molecule is c1ccc(N2B3N(c4ccccc4-c4cccn43)c3ccccc32)cc1.c1ccc2c(c1)B1N(c3ccccc3-2)c2ccccc2N1c1nccc2c1sc1ccccc12.c1cnc2c(c1)B1N(c3ccccc3-2)c2ccccc2N1c1nccc2c1oc1ccccc12.c1cnc2c(c1)B1N(c3ccccc3-2)c2ccccc2N1c1nccc2c1sc1ccccc12. The van der Waals surface area contributed by atoms with Crippen molar-refractivity contribution in [2.75, 3.05) is 38.5 Å². The Balaban J connectivity index is 0.0000000887. The third-order valence-corrected chi connectivity index (χ3v) is 28.7. The number of hydrogen-bond acceptors (Lipinski definition) is 16. The Morgan fingerprint density at radius 2 is 0.609 bits per heavy atom. The van der Waals surface area contributed by atoms with Crippen molar-refractivity contribution in [3.05, 3.63) is 413 Å². The molecule has 596 valence electrons. The molecule has 0 radical (unpaired) electrons. The van der Waals surface area contributed by atoms with E-state index in [2.05, 4.69) is 389 Å². The lowest BCUT2D eigenvalue weighted by atomic mass is 9.59. The molecule has 8 aliphatic rings. The summed E-state index contributed by atoms with van der Waals surface area (Å²) in [6, 6.07) is 133. The number of furan rings is 1. The molecule has 13 aromatic carbocycles. The van der Waals surface area contributed by atoms with E-state index in [4.69, 9.17) is 29.3 Å². The Kier molecular flexibility index (Phi) is 16.2. The van der Waals surface area contributed by atoms with E-state index in [0.717, 1.165) is 84.6 Å². The van der Waals surface area contributed by atoms with E-state index in [1.165, 1.54) is 130 Å². The first kappa shape index (κ1) is 72.3. The standard InChI is InChI=1S/C29H18BN3S.C28H17BN4O.C28H17BN4S.C22H16BN3/c1-4-12-23-19(9-1)20-10-2-5-13-24(20)32-25-14-6-7-15-26(25)33(30(23)32)29-28-22(17-18-31-29)21-11-3-8-16-27(21)34-28;2*1-3-11-22-20(9-1)26-21(10-7-16-30-26)29-32(22)23-12-4-5-13-24(23)33(29)28-27-19(15-17-31-28)18-8-2-6-14-25(18)34-27;1-2-9-17(10-3-1)25-21-13-6-7-14-22(21)26-20-12-5-4-11-18(20)19-15-8-16-24(19)23(25)26/h1-18H;2*1-17H;1-16H. The lowest BCUT2D eigenvalue weighted by molar-refractivity contribution is 0.667. The van der Waals surface area contributed by atoms with Crippen LogP contribution >= 0.6 is 22.7 Å². The first-order valence-corrected chi connectivity index (χ1v) is 44.8. The Labute approximate surface area is 746 Å². The van der Waals surface area contributed by atoms with Gasteiger partial charge >= 0.3 is 28.1 Å². The summed E-state index contributed by atoms with van der Waals surface area (Å²) in [7, 11) is 0.0645. The van der Waals surface area contributed by atoms with Gasteiger partial charge in [0.15, 0.2) is 11.4 Å². The molecule has 9 aromatic heterocycles. The highest BCUT2D eigenvalue weighted by molar-refractivity contribution is 7.27. The van der Waals surface area contributed by atoms with Crippen LogP contribution in [-0.2, 0) is 0 Å². The molecular weight excluding hydrogens is 1600 g/mol. The number of pyridine rings is 5. The van der Waals surface area contributed by atoms with Crippen LogP contribution in [0.5, 0.6) is 0 Å². The van der Waals surface area contributed by atoms with E-state index < -0.39 is 0 Å². The van der Waals surface area contributed by atoms with Crippen molar-refractivity contribution >= 4 is 221 Å². The molecule has 0 N–H and O–H groups in total. The first-order valence-electron chi connectivity index (χ1n) is 43.2. The van der Waals surface area contributed by atoms with Gasteiger partial charge < -0.3 is 47.4 Å². The molecule has 0 fully saturated rings. The second-order valence-electron chi connectivity index (χ2n) is 32.9. The smallest absolute Gasteiger partial charge is 0.452 e. The Morgan fingerprint density at radius 3 is 1.15 bits per heavy atom. The van der Waals surface area contributed by atoms with Crippen LogP contribution in [0.2, 0.25) is 0 Å². The monoisotopic (exact) mass is 1670 g/mol. The lowest BCUT2D eigenvalue weighted by Crippen LogP contribution is -2.56. The Morgan fingerprint density at radius 1 is 0.234 bits per heavy atom. The lowest BCUT2D eigenvalue weighted by Gasteiger charge is -2.36. The van der Waals surface area contributed by atoms with E-state index in [-0.39, 0.29) is 28.1 Å². The second-order valence-corrected chi connectivity index (χ2v) is 35.0. The number of para-hydroxylation sites is 14. The van der Waals surface area contributed by atoms with Crippen molar-refractivity contribution in [2.24, 2.45) is 0 Å². The highest BCUT2D eigenvalue weighted by Crippen LogP contribution is 2.58. The fraction of sp³-hybridized carbons (Fsp3) is 0. The summed E-state index contributed by atoms with van der Waals surface area (Å²) in [4.78, 5) is 43.9. The molecule has 0 amide bonds. The van der Waals surface area contributed by atoms with Gasteiger partial charge in [0.25, 0.3) is 0 Å². The number of rotatable bonds is 4. The van der Waals surface area contributed by atoms with E-state index in [1.54, 1.807) is 0 Å². The van der Waals surface area contributed by atoms with Gasteiger partial charge in [0, 0.05) is 129 Å². The summed E-state index contributed by atoms with van der Waals surface area (Å²) in [6.07, 6.45) is 11.7. The number of aromatic nitrogens is 6. The van der Waals surface area contributed by atoms with E-state index in [1.807, 2.05) is 90.1 Å². The molecule has 15 nitrogen and oxygen atoms in total. The third kappa shape index (κ3) is 10.6. The minimum atomic E-state index is -0.123. The number of fused-ring (bicyclic) bond motifs is 41. The number of benzene rings is 13. The van der Waals surface area contributed by atoms with Gasteiger partial charge in [-0.05, 0) is 174 Å². The molecule has 0 atom stereocenters. The molecule has 22 aromatic rings. The van der Waals surface area contributed by atoms with Crippen molar-refractivity contribution in [3.8, 4) is 44.9 Å². The molecule has 0 saturated carbocycles. The van der Waals surface area contributed by atoms with Gasteiger partial charge in [-0.1, -0.05) is 231 Å². The predicted molar refractivity (Wildman–Crippen MR) is 533 cm³/mol. The average Bonchev–Trinajstić information content (AvgIpc) is 1.55. The van der Waals surface area contributed by atoms with Crippen molar-refractivity contribution in [1.82, 2.24) is 29.4 Å². The zero-order valence-electron chi connectivity index (χ0n) is 68.6. The largest absolute Gasteiger partial charge is 0.518 e. The average molecular weight is 1670 g/mol. The van der Waals surface area contributed by atoms with Crippen molar-refractivity contribution < 1.29 is 4.42 Å². The minimum Gasteiger partial charge on any atom is -0.452 e. The minimum absolute atomic E-state index is 0.00631. The fourth-order valence-corrected chi connectivity index (χ4v) is 23.5. The summed E-state index contributed by atoms with van der Waals surface area (Å²) in [6.45, 7) is -0.173. The summed E-state index contributed by atoms with van der Waals surface area (Å²) in [5.74, 6) is 2.82. The molecule has 21 heteroatoms. The van der Waals surface area contributed by atoms with E-state index >= 15 is 0 Å². The van der Waals surface area contributed by atoms with Crippen LogP contribution in [-0.4, -0.2) is 57.5 Å². The molecule has 30 rings (SSSR count). The molecule has 0 saturated heterocycles. The summed E-state index contributed by atoms with van der Waals surface area (Å²) in [5, 5.41) is 7.27. The van der Waals surface area contributed by atoms with Gasteiger partial charge in [-0.25, -0.2) is 15.0 Å². The van der Waals surface area contributed by atoms with Gasteiger partial charge in [0.05, 0.1) is 66.3 Å². The molecule has 8 aliphatic heterocycles. The number of hydrogen-bond donors (Lipinski definition) is 0. The van der Waals surface area contributed by atoms with Gasteiger partial charge in [0.2, 0.25) is 0 Å². The van der Waals surface area contributed by atoms with Crippen LogP contribution < -0.4 is 54.9 Å². The zero-order valence-corrected chi connectivity index (χ0v) is 70.2. The Hall–Kier alpha value is -16.2. The van der Waals surface area contributed by atoms with E-state index in [9.17, 15) is 0 Å². The van der Waals surface area contributed by atoms with Crippen molar-refractivity contribution in [2.45, 2.75) is 0 Å². The highest BCUT2D eigenvalue weighted by atomic mass is 32.1. The summed E-state index contributed by atoms with van der Waals surface area (Å²) < 4.78 is 13.8. The summed E-state index contributed by atoms with van der Waals surface area (Å²) in [5.41, 5.74) is 30.3. The van der Waals surface area contributed by atoms with Crippen LogP contribution in [0.15, 0.2) is 418 Å². The van der Waals surface area contributed by atoms with Crippen LogP contribution in [0, 0.1) is 0 Å². The summed E-state index contributed by atoms with van der Waals surface area (Å²) >= 11 is 3.65. The van der Waals surface area contributed by atoms with Crippen molar-refractivity contribution in [1.29, 1.82) is 0 Å². The number of nitrogens with zero attached hydrogens (tertiary/aromatic N) is 14. The topological polar surface area (TPSA) is 108 Å². The second kappa shape index (κ2) is 28.7. The molecule has 0 bridgehead atoms. The van der Waals surface area contributed by atoms with Crippen LogP contribution in [0.25, 0.3) is 107 Å². The van der Waals surface area contributed by atoms with Crippen molar-refractivity contribution in [3.63, 3.8) is 0 Å². The highest BCUT2D eigenvalue weighted by Gasteiger charge is 2.54. The van der Waals surface area contributed by atoms with Crippen LogP contribution in [0.4, 0.5) is 91.4 Å². The predicted octanol–water partition coefficient (Wildman–Crippen LogP) is 25.0. The van der Waals surface area contributed by atoms with Gasteiger partial charge in [-0.2, -0.15) is 0 Å². The maximum Gasteiger partial charge on any atom is 0.518 e. The third-order valence-electron chi connectivity index (χ3n) is 26.3. The quantitative estimate of drug-likeness (QED) is 0.156. The number of thiophene rings is 2. The van der Waals surface area contributed by atoms with Crippen LogP contribution in [0.1, 0.15) is 0 Å². The maximum absolute atomic E-state index is 6.41. The first-order chi connectivity index (χ1) is 63.6. The molecule has 17 heterocycles. The van der Waals surface area contributed by atoms with Gasteiger partial charge in [0.1, 0.15) is 17.2 Å². The normalized spacial score (nSPS) is 13.8. The molecule has 0 unspecified atom stereocenters. The molecule has 0 spiro atoms. The van der Waals surface area contributed by atoms with E-state index in [0.29, 0.717) is 0 Å². The fourth-order valence-electron chi connectivity index (χ4n) is 21.2. The Bertz CT molecular complexity index is 7670. The number of anilines is 16. The molecule has 128 heavy (non-hydrogen) atoms. The maximum atomic E-state index is 6.41. The zero-order chi connectivity index (χ0) is 83.8. The van der Waals surface area contributed by atoms with Gasteiger partial charge in [-0.15, -0.1) is 22.7 Å². The molecular formula is C107H68B4N14OS2. The molecule has 0 aliphatic carbocycles. The van der Waals surface area contributed by atoms with Gasteiger partial charge in [-0.3, -0.25) is 9.97 Å². The van der Waals surface area contributed by atoms with Crippen LogP contribution in [0.3, 0.4) is 0 Å².